The fourth-order valence-electron chi connectivity index (χ4n) is 4.04. The fourth-order valence-corrected chi connectivity index (χ4v) is 4.16. The molecule has 0 unspecified atom stereocenters. The predicted octanol–water partition coefficient (Wildman–Crippen LogP) is 3.70. The molecule has 1 saturated heterocycles. The first kappa shape index (κ1) is 26.7. The minimum atomic E-state index is -0.255. The smallest absolute Gasteiger partial charge is 0.261 e. The molecule has 0 aliphatic carbocycles. The second-order valence-electron chi connectivity index (χ2n) is 8.83. The number of furan rings is 1. The molecule has 1 aliphatic rings. The van der Waals surface area contributed by atoms with Gasteiger partial charge in [-0.15, -0.1) is 0 Å². The van der Waals surface area contributed by atoms with Crippen LogP contribution in [0.4, 0.5) is 0 Å². The first-order valence-electron chi connectivity index (χ1n) is 12.4. The van der Waals surface area contributed by atoms with E-state index in [4.69, 9.17) is 25.5 Å². The Kier molecular flexibility index (Phi) is 9.99. The zero-order chi connectivity index (χ0) is 25.9. The van der Waals surface area contributed by atoms with E-state index < -0.39 is 0 Å². The van der Waals surface area contributed by atoms with Gasteiger partial charge in [-0.05, 0) is 42.0 Å². The molecule has 2 amide bonds. The molecule has 0 radical (unpaired) electrons. The van der Waals surface area contributed by atoms with Crippen LogP contribution in [0.1, 0.15) is 11.3 Å². The number of carbonyl (C=O) groups is 2. The molecule has 1 aromatic heterocycles. The Labute approximate surface area is 222 Å². The van der Waals surface area contributed by atoms with Crippen LogP contribution in [0.25, 0.3) is 0 Å². The quantitative estimate of drug-likeness (QED) is 0.359. The van der Waals surface area contributed by atoms with E-state index in [1.54, 1.807) is 46.4 Å². The highest BCUT2D eigenvalue weighted by Gasteiger charge is 2.24. The third-order valence-electron chi connectivity index (χ3n) is 6.14. The van der Waals surface area contributed by atoms with Crippen molar-refractivity contribution in [3.05, 3.63) is 89.3 Å². The first-order chi connectivity index (χ1) is 18.1. The van der Waals surface area contributed by atoms with Crippen molar-refractivity contribution in [2.24, 2.45) is 0 Å². The molecule has 0 atom stereocenters. The number of hydrogen-bond acceptors (Lipinski definition) is 6. The first-order valence-corrected chi connectivity index (χ1v) is 12.7. The zero-order valence-corrected chi connectivity index (χ0v) is 21.5. The van der Waals surface area contributed by atoms with Gasteiger partial charge in [0.05, 0.1) is 32.6 Å². The van der Waals surface area contributed by atoms with Gasteiger partial charge in [0.25, 0.3) is 5.91 Å². The number of ether oxygens (including phenoxy) is 2. The SMILES string of the molecule is O=C(COc1ccc(Cl)cc1)N(CCN1CCOCC1)CC(=O)N(Cc1ccccc1)Cc1ccco1. The minimum absolute atomic E-state index is 0.0549. The molecule has 2 heterocycles. The molecule has 3 aromatic rings. The van der Waals surface area contributed by atoms with E-state index in [1.807, 2.05) is 36.4 Å². The number of amides is 2. The average Bonchev–Trinajstić information content (AvgIpc) is 3.44. The van der Waals surface area contributed by atoms with Gasteiger partial charge in [0.1, 0.15) is 11.5 Å². The lowest BCUT2D eigenvalue weighted by atomic mass is 10.2. The highest BCUT2D eigenvalue weighted by Crippen LogP contribution is 2.16. The highest BCUT2D eigenvalue weighted by molar-refractivity contribution is 6.30. The van der Waals surface area contributed by atoms with Crippen LogP contribution in [0.3, 0.4) is 0 Å². The van der Waals surface area contributed by atoms with Crippen molar-refractivity contribution in [2.75, 3.05) is 52.5 Å². The molecule has 0 saturated carbocycles. The summed E-state index contributed by atoms with van der Waals surface area (Å²) in [6.07, 6.45) is 1.59. The normalized spacial score (nSPS) is 13.8. The summed E-state index contributed by atoms with van der Waals surface area (Å²) in [6, 6.07) is 20.2. The molecule has 37 heavy (non-hydrogen) atoms. The van der Waals surface area contributed by atoms with E-state index in [9.17, 15) is 9.59 Å². The maximum absolute atomic E-state index is 13.6. The predicted molar refractivity (Wildman–Crippen MR) is 140 cm³/mol. The van der Waals surface area contributed by atoms with Crippen molar-refractivity contribution in [3.63, 3.8) is 0 Å². The van der Waals surface area contributed by atoms with Crippen molar-refractivity contribution >= 4 is 23.4 Å². The van der Waals surface area contributed by atoms with Gasteiger partial charge in [-0.3, -0.25) is 14.5 Å². The molecule has 0 spiro atoms. The number of benzene rings is 2. The lowest BCUT2D eigenvalue weighted by molar-refractivity contribution is -0.142. The molecule has 0 N–H and O–H groups in total. The van der Waals surface area contributed by atoms with Crippen LogP contribution in [-0.2, 0) is 27.4 Å². The van der Waals surface area contributed by atoms with Crippen LogP contribution >= 0.6 is 11.6 Å². The summed E-state index contributed by atoms with van der Waals surface area (Å²) in [5.74, 6) is 0.804. The topological polar surface area (TPSA) is 75.5 Å². The Bertz CT molecular complexity index is 1100. The number of carbonyl (C=O) groups excluding carboxylic acids is 2. The summed E-state index contributed by atoms with van der Waals surface area (Å²) >= 11 is 5.94. The zero-order valence-electron chi connectivity index (χ0n) is 20.8. The van der Waals surface area contributed by atoms with Crippen LogP contribution in [0.2, 0.25) is 5.02 Å². The Balaban J connectivity index is 1.44. The Morgan fingerprint density at radius 2 is 1.65 bits per heavy atom. The Morgan fingerprint density at radius 1 is 0.892 bits per heavy atom. The summed E-state index contributed by atoms with van der Waals surface area (Å²) in [6.45, 7) is 4.50. The molecule has 8 nitrogen and oxygen atoms in total. The summed E-state index contributed by atoms with van der Waals surface area (Å²) < 4.78 is 16.6. The highest BCUT2D eigenvalue weighted by atomic mass is 35.5. The monoisotopic (exact) mass is 525 g/mol. The number of rotatable bonds is 12. The van der Waals surface area contributed by atoms with Crippen molar-refractivity contribution in [1.29, 1.82) is 0 Å². The van der Waals surface area contributed by atoms with Gasteiger partial charge >= 0.3 is 0 Å². The molecule has 0 bridgehead atoms. The largest absolute Gasteiger partial charge is 0.484 e. The maximum Gasteiger partial charge on any atom is 0.261 e. The van der Waals surface area contributed by atoms with E-state index in [1.165, 1.54) is 0 Å². The molecule has 1 fully saturated rings. The van der Waals surface area contributed by atoms with E-state index in [2.05, 4.69) is 4.90 Å². The Morgan fingerprint density at radius 3 is 2.35 bits per heavy atom. The van der Waals surface area contributed by atoms with Crippen molar-refractivity contribution in [1.82, 2.24) is 14.7 Å². The molecule has 4 rings (SSSR count). The Hall–Kier alpha value is -3.33. The second-order valence-corrected chi connectivity index (χ2v) is 9.26. The van der Waals surface area contributed by atoms with Crippen LogP contribution in [0, 0.1) is 0 Å². The lowest BCUT2D eigenvalue weighted by Gasteiger charge is -2.31. The number of halogens is 1. The third kappa shape index (κ3) is 8.63. The molecule has 9 heteroatoms. The molecular weight excluding hydrogens is 494 g/mol. The van der Waals surface area contributed by atoms with Crippen molar-refractivity contribution in [3.8, 4) is 5.75 Å². The molecule has 196 valence electrons. The maximum atomic E-state index is 13.6. The van der Waals surface area contributed by atoms with Crippen LogP contribution in [0.5, 0.6) is 5.75 Å². The fraction of sp³-hybridized carbons (Fsp3) is 0.357. The molecule has 2 aromatic carbocycles. The van der Waals surface area contributed by atoms with Gasteiger partial charge in [0.15, 0.2) is 6.61 Å². The molecular formula is C28H32ClN3O5. The summed E-state index contributed by atoms with van der Waals surface area (Å²) in [5.41, 5.74) is 1.000. The van der Waals surface area contributed by atoms with Gasteiger partial charge < -0.3 is 23.7 Å². The van der Waals surface area contributed by atoms with Gasteiger partial charge in [-0.25, -0.2) is 0 Å². The standard InChI is InChI=1S/C28H32ClN3O5/c29-24-8-10-25(11-9-24)37-22-28(34)31(13-12-30-14-17-35-18-15-30)21-27(33)32(20-26-7-4-16-36-26)19-23-5-2-1-3-6-23/h1-11,16H,12-15,17-22H2. The van der Waals surface area contributed by atoms with Crippen LogP contribution in [-0.4, -0.2) is 79.1 Å². The van der Waals surface area contributed by atoms with E-state index in [0.29, 0.717) is 55.9 Å². The van der Waals surface area contributed by atoms with Crippen molar-refractivity contribution < 1.29 is 23.5 Å². The van der Waals surface area contributed by atoms with Gasteiger partial charge in [0.2, 0.25) is 5.91 Å². The van der Waals surface area contributed by atoms with Gasteiger partial charge in [-0.1, -0.05) is 41.9 Å². The van der Waals surface area contributed by atoms with Crippen molar-refractivity contribution in [2.45, 2.75) is 13.1 Å². The third-order valence-corrected chi connectivity index (χ3v) is 6.39. The minimum Gasteiger partial charge on any atom is -0.484 e. The molecule has 1 aliphatic heterocycles. The van der Waals surface area contributed by atoms with E-state index >= 15 is 0 Å². The van der Waals surface area contributed by atoms with Crippen LogP contribution < -0.4 is 4.74 Å². The average molecular weight is 526 g/mol. The number of morpholine rings is 1. The van der Waals surface area contributed by atoms with E-state index in [0.717, 1.165) is 18.7 Å². The summed E-state index contributed by atoms with van der Waals surface area (Å²) in [7, 11) is 0. The van der Waals surface area contributed by atoms with E-state index in [-0.39, 0.29) is 25.0 Å². The lowest BCUT2D eigenvalue weighted by Crippen LogP contribution is -2.48. The van der Waals surface area contributed by atoms with Crippen LogP contribution in [0.15, 0.2) is 77.4 Å². The van der Waals surface area contributed by atoms with Gasteiger partial charge in [0, 0.05) is 37.7 Å². The number of nitrogens with zero attached hydrogens (tertiary/aromatic N) is 3. The van der Waals surface area contributed by atoms with Gasteiger partial charge in [-0.2, -0.15) is 0 Å². The number of hydrogen-bond donors (Lipinski definition) is 0. The summed E-state index contributed by atoms with van der Waals surface area (Å²) in [4.78, 5) is 32.3. The second kappa shape index (κ2) is 13.8. The summed E-state index contributed by atoms with van der Waals surface area (Å²) in [5, 5.41) is 0.589.